The van der Waals surface area contributed by atoms with Crippen molar-refractivity contribution in [3.8, 4) is 0 Å². The Morgan fingerprint density at radius 3 is 0.778 bits per heavy atom. The van der Waals surface area contributed by atoms with Crippen molar-refractivity contribution in [2.24, 2.45) is 0 Å². The Balaban J connectivity index is 0. The lowest BCUT2D eigenvalue weighted by Gasteiger charge is -2.11. The highest BCUT2D eigenvalue weighted by Crippen LogP contribution is 2.04. The van der Waals surface area contributed by atoms with Crippen molar-refractivity contribution < 1.29 is 20.4 Å². The second kappa shape index (κ2) is 13.3. The van der Waals surface area contributed by atoms with Crippen LogP contribution in [0.1, 0.15) is 66.2 Å². The maximum atomic E-state index is 9.00. The summed E-state index contributed by atoms with van der Waals surface area (Å²) in [7, 11) is 0. The lowest BCUT2D eigenvalue weighted by molar-refractivity contribution is 0.0759. The number of rotatable bonds is 8. The van der Waals surface area contributed by atoms with Crippen molar-refractivity contribution in [2.75, 3.05) is 0 Å². The van der Waals surface area contributed by atoms with Crippen LogP contribution in [-0.2, 0) is 0 Å². The zero-order valence-corrected chi connectivity index (χ0v) is 12.3. The Bertz CT molecular complexity index is 130. The van der Waals surface area contributed by atoms with Gasteiger partial charge in [-0.2, -0.15) is 0 Å². The van der Waals surface area contributed by atoms with Gasteiger partial charge in [0.15, 0.2) is 0 Å². The third-order valence-corrected chi connectivity index (χ3v) is 2.97. The van der Waals surface area contributed by atoms with Crippen LogP contribution < -0.4 is 0 Å². The van der Waals surface area contributed by atoms with E-state index in [2.05, 4.69) is 0 Å². The zero-order chi connectivity index (χ0) is 14.6. The molecule has 0 rings (SSSR count). The van der Waals surface area contributed by atoms with Crippen LogP contribution >= 0.6 is 0 Å². The smallest absolute Gasteiger partial charge is 0.0562 e. The molecular formula is C14H32O4. The molecule has 0 radical (unpaired) electrons. The minimum atomic E-state index is -0.319. The van der Waals surface area contributed by atoms with E-state index in [0.717, 1.165) is 25.7 Å². The predicted molar refractivity (Wildman–Crippen MR) is 74.4 cm³/mol. The summed E-state index contributed by atoms with van der Waals surface area (Å²) in [5.74, 6) is 0. The maximum absolute atomic E-state index is 9.00. The maximum Gasteiger partial charge on any atom is 0.0562 e. The van der Waals surface area contributed by atoms with Crippen LogP contribution in [0.2, 0.25) is 0 Å². The molecule has 4 nitrogen and oxygen atoms in total. The quantitative estimate of drug-likeness (QED) is 0.539. The van der Waals surface area contributed by atoms with Crippen LogP contribution in [-0.4, -0.2) is 44.8 Å². The molecule has 0 bridgehead atoms. The summed E-state index contributed by atoms with van der Waals surface area (Å²) in [4.78, 5) is 0. The second-order valence-electron chi connectivity index (χ2n) is 4.72. The molecule has 0 aromatic carbocycles. The molecule has 112 valence electrons. The van der Waals surface area contributed by atoms with E-state index in [0.29, 0.717) is 12.8 Å². The molecule has 0 spiro atoms. The summed E-state index contributed by atoms with van der Waals surface area (Å²) in [6, 6.07) is 0. The standard InChI is InChI=1S/2C7H16O2/c2*1-3-6(8)5-7(9)4-2/h2*6-9H,3-5H2,1-2H3. The monoisotopic (exact) mass is 264 g/mol. The first-order valence-corrected chi connectivity index (χ1v) is 7.13. The van der Waals surface area contributed by atoms with Crippen LogP contribution in [0.5, 0.6) is 0 Å². The van der Waals surface area contributed by atoms with Gasteiger partial charge in [0, 0.05) is 0 Å². The molecule has 4 unspecified atom stereocenters. The summed E-state index contributed by atoms with van der Waals surface area (Å²) in [5.41, 5.74) is 0. The third-order valence-electron chi connectivity index (χ3n) is 2.97. The van der Waals surface area contributed by atoms with Crippen LogP contribution in [0.15, 0.2) is 0 Å². The highest BCUT2D eigenvalue weighted by Gasteiger charge is 2.07. The first kappa shape index (κ1) is 20.2. The van der Waals surface area contributed by atoms with Gasteiger partial charge in [0.05, 0.1) is 24.4 Å². The molecule has 0 aliphatic carbocycles. The van der Waals surface area contributed by atoms with Gasteiger partial charge in [0.2, 0.25) is 0 Å². The van der Waals surface area contributed by atoms with Crippen LogP contribution in [0.4, 0.5) is 0 Å². The SMILES string of the molecule is CCC(O)CC(O)CC.CCC(O)CC(O)CC. The topological polar surface area (TPSA) is 80.9 Å². The van der Waals surface area contributed by atoms with Gasteiger partial charge in [0.1, 0.15) is 0 Å². The normalized spacial score (nSPS) is 17.3. The van der Waals surface area contributed by atoms with Gasteiger partial charge in [-0.05, 0) is 38.5 Å². The second-order valence-corrected chi connectivity index (χ2v) is 4.72. The lowest BCUT2D eigenvalue weighted by atomic mass is 10.1. The van der Waals surface area contributed by atoms with E-state index in [1.807, 2.05) is 27.7 Å². The van der Waals surface area contributed by atoms with E-state index < -0.39 is 0 Å². The van der Waals surface area contributed by atoms with Crippen molar-refractivity contribution in [3.05, 3.63) is 0 Å². The van der Waals surface area contributed by atoms with Crippen molar-refractivity contribution in [1.82, 2.24) is 0 Å². The molecule has 0 amide bonds. The van der Waals surface area contributed by atoms with Gasteiger partial charge in [-0.1, -0.05) is 27.7 Å². The van der Waals surface area contributed by atoms with Gasteiger partial charge in [0.25, 0.3) is 0 Å². The lowest BCUT2D eigenvalue weighted by Crippen LogP contribution is -2.15. The van der Waals surface area contributed by atoms with E-state index in [-0.39, 0.29) is 24.4 Å². The number of hydrogen-bond donors (Lipinski definition) is 4. The molecule has 0 aromatic heterocycles. The van der Waals surface area contributed by atoms with E-state index in [1.165, 1.54) is 0 Å². The zero-order valence-electron chi connectivity index (χ0n) is 12.3. The van der Waals surface area contributed by atoms with Crippen molar-refractivity contribution in [2.45, 2.75) is 90.6 Å². The number of aliphatic hydroxyl groups excluding tert-OH is 4. The summed E-state index contributed by atoms with van der Waals surface area (Å²) in [6.07, 6.45) is 2.70. The Kier molecular flexibility index (Phi) is 14.9. The average Bonchev–Trinajstić information content (AvgIpc) is 2.38. The summed E-state index contributed by atoms with van der Waals surface area (Å²) >= 11 is 0. The van der Waals surface area contributed by atoms with Gasteiger partial charge < -0.3 is 20.4 Å². The van der Waals surface area contributed by atoms with Gasteiger partial charge in [-0.3, -0.25) is 0 Å². The molecule has 18 heavy (non-hydrogen) atoms. The van der Waals surface area contributed by atoms with Crippen molar-refractivity contribution in [3.63, 3.8) is 0 Å². The minimum absolute atomic E-state index is 0.319. The molecule has 0 saturated carbocycles. The largest absolute Gasteiger partial charge is 0.393 e. The molecule has 0 saturated heterocycles. The van der Waals surface area contributed by atoms with Crippen molar-refractivity contribution >= 4 is 0 Å². The molecular weight excluding hydrogens is 232 g/mol. The number of aliphatic hydroxyl groups is 4. The molecule has 4 N–H and O–H groups in total. The Morgan fingerprint density at radius 2 is 0.667 bits per heavy atom. The molecule has 0 aliphatic rings. The Morgan fingerprint density at radius 1 is 0.500 bits per heavy atom. The van der Waals surface area contributed by atoms with E-state index in [1.54, 1.807) is 0 Å². The number of hydrogen-bond acceptors (Lipinski definition) is 4. The molecule has 0 heterocycles. The van der Waals surface area contributed by atoms with Gasteiger partial charge in [-0.25, -0.2) is 0 Å². The fraction of sp³-hybridized carbons (Fsp3) is 1.00. The van der Waals surface area contributed by atoms with Crippen molar-refractivity contribution in [1.29, 1.82) is 0 Å². The van der Waals surface area contributed by atoms with Crippen LogP contribution in [0.25, 0.3) is 0 Å². The average molecular weight is 264 g/mol. The molecule has 4 atom stereocenters. The van der Waals surface area contributed by atoms with Gasteiger partial charge in [-0.15, -0.1) is 0 Å². The van der Waals surface area contributed by atoms with Gasteiger partial charge >= 0.3 is 0 Å². The van der Waals surface area contributed by atoms with E-state index in [4.69, 9.17) is 20.4 Å². The first-order chi connectivity index (χ1) is 8.40. The first-order valence-electron chi connectivity index (χ1n) is 7.13. The fourth-order valence-corrected chi connectivity index (χ4v) is 1.29. The molecule has 0 aromatic rings. The highest BCUT2D eigenvalue weighted by atomic mass is 16.3. The molecule has 0 fully saturated rings. The van der Waals surface area contributed by atoms with E-state index >= 15 is 0 Å². The summed E-state index contributed by atoms with van der Waals surface area (Å²) in [5, 5.41) is 36.0. The van der Waals surface area contributed by atoms with E-state index in [9.17, 15) is 0 Å². The minimum Gasteiger partial charge on any atom is -0.393 e. The third kappa shape index (κ3) is 13.9. The predicted octanol–water partition coefficient (Wildman–Crippen LogP) is 1.84. The summed E-state index contributed by atoms with van der Waals surface area (Å²) in [6.45, 7) is 7.64. The molecule has 0 aliphatic heterocycles. The summed E-state index contributed by atoms with van der Waals surface area (Å²) < 4.78 is 0. The molecule has 4 heteroatoms. The van der Waals surface area contributed by atoms with Crippen LogP contribution in [0, 0.1) is 0 Å². The highest BCUT2D eigenvalue weighted by molar-refractivity contribution is 4.59. The fourth-order valence-electron chi connectivity index (χ4n) is 1.29. The van der Waals surface area contributed by atoms with Crippen LogP contribution in [0.3, 0.4) is 0 Å². The Labute approximate surface area is 112 Å². The Hall–Kier alpha value is -0.160.